The van der Waals surface area contributed by atoms with E-state index in [-0.39, 0.29) is 21.4 Å². The van der Waals surface area contributed by atoms with E-state index in [9.17, 15) is 13.2 Å². The summed E-state index contributed by atoms with van der Waals surface area (Å²) in [7, 11) is -3.34. The molecule has 0 radical (unpaired) electrons. The summed E-state index contributed by atoms with van der Waals surface area (Å²) in [6, 6.07) is 4.12. The van der Waals surface area contributed by atoms with E-state index in [1.165, 1.54) is 18.2 Å². The van der Waals surface area contributed by atoms with E-state index in [1.54, 1.807) is 0 Å². The summed E-state index contributed by atoms with van der Waals surface area (Å²) in [5.41, 5.74) is 0.190. The van der Waals surface area contributed by atoms with Crippen molar-refractivity contribution < 1.29 is 13.2 Å². The van der Waals surface area contributed by atoms with Crippen LogP contribution in [-0.4, -0.2) is 27.1 Å². The van der Waals surface area contributed by atoms with Crippen molar-refractivity contribution in [1.82, 2.24) is 5.32 Å². The summed E-state index contributed by atoms with van der Waals surface area (Å²) >= 11 is 5.90. The molecule has 1 aromatic rings. The second-order valence-corrected chi connectivity index (χ2v) is 6.45. The predicted octanol–water partition coefficient (Wildman–Crippen LogP) is 2.27. The fourth-order valence-electron chi connectivity index (χ4n) is 1.38. The lowest BCUT2D eigenvalue weighted by molar-refractivity contribution is 0.0953. The molecule has 1 aromatic carbocycles. The number of nitrogens with one attached hydrogen (secondary N) is 1. The second kappa shape index (κ2) is 6.20. The van der Waals surface area contributed by atoms with E-state index in [0.29, 0.717) is 6.54 Å². The van der Waals surface area contributed by atoms with Gasteiger partial charge in [0, 0.05) is 12.8 Å². The fraction of sp³-hybridized carbons (Fsp3) is 0.417. The monoisotopic (exact) mass is 289 g/mol. The van der Waals surface area contributed by atoms with Gasteiger partial charge in [-0.25, -0.2) is 8.42 Å². The molecule has 1 N–H and O–H groups in total. The van der Waals surface area contributed by atoms with Gasteiger partial charge in [0.2, 0.25) is 0 Å². The molecule has 0 bridgehead atoms. The quantitative estimate of drug-likeness (QED) is 0.846. The molecular formula is C12H16ClNO3S. The van der Waals surface area contributed by atoms with Crippen LogP contribution in [0.2, 0.25) is 5.02 Å². The Balaban J connectivity index is 2.97. The lowest BCUT2D eigenvalue weighted by Gasteiger charge is -2.07. The number of hydrogen-bond donors (Lipinski definition) is 1. The summed E-state index contributed by atoms with van der Waals surface area (Å²) in [4.78, 5) is 11.9. The third-order valence-electron chi connectivity index (χ3n) is 2.43. The first-order valence-corrected chi connectivity index (χ1v) is 7.91. The van der Waals surface area contributed by atoms with Gasteiger partial charge in [0.15, 0.2) is 9.84 Å². The molecule has 0 aromatic heterocycles. The van der Waals surface area contributed by atoms with Gasteiger partial charge in [-0.3, -0.25) is 4.79 Å². The Kier molecular flexibility index (Phi) is 5.16. The van der Waals surface area contributed by atoms with Crippen LogP contribution in [0.1, 0.15) is 30.1 Å². The molecule has 4 nitrogen and oxygen atoms in total. The maximum Gasteiger partial charge on any atom is 0.252 e. The minimum atomic E-state index is -3.34. The lowest BCUT2D eigenvalue weighted by atomic mass is 10.2. The Morgan fingerprint density at radius 3 is 2.61 bits per heavy atom. The van der Waals surface area contributed by atoms with Gasteiger partial charge < -0.3 is 5.32 Å². The van der Waals surface area contributed by atoms with Gasteiger partial charge in [-0.15, -0.1) is 0 Å². The van der Waals surface area contributed by atoms with Crippen molar-refractivity contribution in [1.29, 1.82) is 0 Å². The van der Waals surface area contributed by atoms with E-state index >= 15 is 0 Å². The van der Waals surface area contributed by atoms with Crippen molar-refractivity contribution in [3.63, 3.8) is 0 Å². The highest BCUT2D eigenvalue weighted by Crippen LogP contribution is 2.20. The molecule has 1 amide bonds. The van der Waals surface area contributed by atoms with Crippen LogP contribution in [0.3, 0.4) is 0 Å². The summed E-state index contributed by atoms with van der Waals surface area (Å²) < 4.78 is 22.8. The van der Waals surface area contributed by atoms with E-state index in [2.05, 4.69) is 5.32 Å². The molecule has 0 aliphatic heterocycles. The Labute approximate surface area is 112 Å². The lowest BCUT2D eigenvalue weighted by Crippen LogP contribution is -2.24. The molecule has 100 valence electrons. The van der Waals surface area contributed by atoms with Gasteiger partial charge in [-0.2, -0.15) is 0 Å². The average Bonchev–Trinajstić information content (AvgIpc) is 2.28. The third-order valence-corrected chi connectivity index (χ3v) is 3.87. The molecule has 0 atom stereocenters. The molecule has 0 saturated heterocycles. The van der Waals surface area contributed by atoms with Gasteiger partial charge >= 0.3 is 0 Å². The van der Waals surface area contributed by atoms with Gasteiger partial charge in [0.25, 0.3) is 5.91 Å². The summed E-state index contributed by atoms with van der Waals surface area (Å²) in [5, 5.41) is 2.95. The van der Waals surface area contributed by atoms with Crippen molar-refractivity contribution in [3.8, 4) is 0 Å². The third kappa shape index (κ3) is 3.99. The fourth-order valence-corrected chi connectivity index (χ4v) is 2.23. The van der Waals surface area contributed by atoms with Crippen molar-refractivity contribution in [2.24, 2.45) is 0 Å². The normalized spacial score (nSPS) is 11.3. The van der Waals surface area contributed by atoms with Crippen LogP contribution in [0.15, 0.2) is 23.1 Å². The Morgan fingerprint density at radius 2 is 2.06 bits per heavy atom. The number of carbonyl (C=O) groups excluding carboxylic acids is 1. The number of hydrogen-bond acceptors (Lipinski definition) is 3. The van der Waals surface area contributed by atoms with E-state index < -0.39 is 9.84 Å². The zero-order valence-corrected chi connectivity index (χ0v) is 11.9. The molecule has 0 aliphatic carbocycles. The van der Waals surface area contributed by atoms with Gasteiger partial charge in [-0.05, 0) is 24.6 Å². The van der Waals surface area contributed by atoms with Crippen LogP contribution < -0.4 is 5.32 Å². The van der Waals surface area contributed by atoms with Crippen molar-refractivity contribution in [3.05, 3.63) is 28.8 Å². The Hall–Kier alpha value is -1.07. The molecule has 0 unspecified atom stereocenters. The Bertz CT molecular complexity index is 540. The highest BCUT2D eigenvalue weighted by Gasteiger charge is 2.14. The summed E-state index contributed by atoms with van der Waals surface area (Å²) in [5.74, 6) is -0.348. The number of rotatable bonds is 5. The highest BCUT2D eigenvalue weighted by molar-refractivity contribution is 7.90. The number of halogens is 1. The molecular weight excluding hydrogens is 274 g/mol. The second-order valence-electron chi connectivity index (χ2n) is 4.02. The van der Waals surface area contributed by atoms with Crippen molar-refractivity contribution in [2.75, 3.05) is 12.8 Å². The maximum atomic E-state index is 11.8. The van der Waals surface area contributed by atoms with Gasteiger partial charge in [0.05, 0.1) is 15.5 Å². The smallest absolute Gasteiger partial charge is 0.252 e. The first kappa shape index (κ1) is 15.0. The molecule has 18 heavy (non-hydrogen) atoms. The van der Waals surface area contributed by atoms with Crippen LogP contribution >= 0.6 is 11.6 Å². The summed E-state index contributed by atoms with van der Waals surface area (Å²) in [6.45, 7) is 2.57. The van der Waals surface area contributed by atoms with Crippen LogP contribution in [0.4, 0.5) is 0 Å². The highest BCUT2D eigenvalue weighted by atomic mass is 35.5. The van der Waals surface area contributed by atoms with Gasteiger partial charge in [-0.1, -0.05) is 24.9 Å². The van der Waals surface area contributed by atoms with Crippen LogP contribution in [0.5, 0.6) is 0 Å². The maximum absolute atomic E-state index is 11.8. The topological polar surface area (TPSA) is 63.2 Å². The predicted molar refractivity (Wildman–Crippen MR) is 71.8 cm³/mol. The van der Waals surface area contributed by atoms with E-state index in [0.717, 1.165) is 19.1 Å². The van der Waals surface area contributed by atoms with Crippen LogP contribution in [0, 0.1) is 0 Å². The Morgan fingerprint density at radius 1 is 1.39 bits per heavy atom. The number of carbonyl (C=O) groups is 1. The zero-order chi connectivity index (χ0) is 13.8. The van der Waals surface area contributed by atoms with Crippen molar-refractivity contribution in [2.45, 2.75) is 24.7 Å². The first-order chi connectivity index (χ1) is 8.36. The molecule has 1 rings (SSSR count). The average molecular weight is 290 g/mol. The number of unbranched alkanes of at least 4 members (excludes halogenated alkanes) is 1. The standard InChI is InChI=1S/C12H16ClNO3S/c1-3-4-7-14-12(15)10-8-9(18(2,16)17)5-6-11(10)13/h5-6,8H,3-4,7H2,1-2H3,(H,14,15). The largest absolute Gasteiger partial charge is 0.352 e. The molecule has 0 heterocycles. The van der Waals surface area contributed by atoms with Crippen LogP contribution in [0.25, 0.3) is 0 Å². The van der Waals surface area contributed by atoms with E-state index in [1.807, 2.05) is 6.92 Å². The van der Waals surface area contributed by atoms with Gasteiger partial charge in [0.1, 0.15) is 0 Å². The van der Waals surface area contributed by atoms with Crippen LogP contribution in [-0.2, 0) is 9.84 Å². The SMILES string of the molecule is CCCCNC(=O)c1cc(S(C)(=O)=O)ccc1Cl. The number of amides is 1. The molecule has 0 aliphatic rings. The van der Waals surface area contributed by atoms with Crippen molar-refractivity contribution >= 4 is 27.3 Å². The molecule has 6 heteroatoms. The first-order valence-electron chi connectivity index (χ1n) is 5.64. The van der Waals surface area contributed by atoms with E-state index in [4.69, 9.17) is 11.6 Å². The minimum absolute atomic E-state index is 0.0903. The number of benzene rings is 1. The number of sulfone groups is 1. The molecule has 0 saturated carbocycles. The molecule has 0 spiro atoms. The zero-order valence-electron chi connectivity index (χ0n) is 10.4. The minimum Gasteiger partial charge on any atom is -0.352 e. The summed E-state index contributed by atoms with van der Waals surface area (Å²) in [6.07, 6.45) is 2.93. The molecule has 0 fully saturated rings.